The van der Waals surface area contributed by atoms with Crippen LogP contribution in [0.25, 0.3) is 0 Å². The van der Waals surface area contributed by atoms with E-state index < -0.39 is 6.04 Å². The molecular formula is C21H21FN2O2. The zero-order valence-electron chi connectivity index (χ0n) is 14.5. The minimum absolute atomic E-state index is 0.0105. The second kappa shape index (κ2) is 6.90. The van der Waals surface area contributed by atoms with E-state index in [1.54, 1.807) is 11.0 Å². The summed E-state index contributed by atoms with van der Waals surface area (Å²) in [5.41, 5.74) is 2.06. The number of anilines is 1. The molecule has 1 unspecified atom stereocenters. The minimum Gasteiger partial charge on any atom is -0.324 e. The standard InChI is InChI=1S/C21H21FN2O2/c22-16-10-11-18-17(12-16)20(14-6-2-1-3-7-14)24(13-19(25)23-18)21(26)15-8-4-5-9-15/h1-3,6-7,10-12,15,20H,4-5,8-9,13H2,(H,23,25). The number of halogens is 1. The summed E-state index contributed by atoms with van der Waals surface area (Å²) in [5, 5.41) is 2.83. The first-order valence-electron chi connectivity index (χ1n) is 9.08. The fourth-order valence-corrected chi connectivity index (χ4v) is 4.08. The number of carbonyl (C=O) groups is 2. The molecule has 0 saturated heterocycles. The average Bonchev–Trinajstić information content (AvgIpc) is 3.13. The van der Waals surface area contributed by atoms with E-state index in [9.17, 15) is 14.0 Å². The number of carbonyl (C=O) groups excluding carboxylic acids is 2. The highest BCUT2D eigenvalue weighted by Gasteiger charge is 2.37. The summed E-state index contributed by atoms with van der Waals surface area (Å²) in [4.78, 5) is 27.3. The van der Waals surface area contributed by atoms with Crippen molar-refractivity contribution in [3.8, 4) is 0 Å². The van der Waals surface area contributed by atoms with E-state index in [-0.39, 0.29) is 30.1 Å². The highest BCUT2D eigenvalue weighted by Crippen LogP contribution is 2.38. The Morgan fingerprint density at radius 2 is 1.81 bits per heavy atom. The van der Waals surface area contributed by atoms with Crippen LogP contribution in [0.4, 0.5) is 10.1 Å². The Morgan fingerprint density at radius 3 is 2.54 bits per heavy atom. The molecular weight excluding hydrogens is 331 g/mol. The van der Waals surface area contributed by atoms with Crippen molar-refractivity contribution in [3.63, 3.8) is 0 Å². The first-order chi connectivity index (χ1) is 12.6. The maximum absolute atomic E-state index is 14.0. The monoisotopic (exact) mass is 352 g/mol. The molecule has 1 heterocycles. The van der Waals surface area contributed by atoms with E-state index in [1.165, 1.54) is 12.1 Å². The van der Waals surface area contributed by atoms with Gasteiger partial charge in [-0.05, 0) is 36.6 Å². The lowest BCUT2D eigenvalue weighted by atomic mass is 9.94. The number of rotatable bonds is 2. The van der Waals surface area contributed by atoms with Gasteiger partial charge in [-0.15, -0.1) is 0 Å². The average molecular weight is 352 g/mol. The summed E-state index contributed by atoms with van der Waals surface area (Å²) < 4.78 is 14.0. The number of amides is 2. The van der Waals surface area contributed by atoms with Gasteiger partial charge in [0, 0.05) is 17.2 Å². The Labute approximate surface area is 152 Å². The van der Waals surface area contributed by atoms with Gasteiger partial charge >= 0.3 is 0 Å². The maximum atomic E-state index is 14.0. The van der Waals surface area contributed by atoms with Crippen molar-refractivity contribution in [2.24, 2.45) is 5.92 Å². The van der Waals surface area contributed by atoms with Crippen LogP contribution in [-0.2, 0) is 9.59 Å². The Morgan fingerprint density at radius 1 is 1.08 bits per heavy atom. The highest BCUT2D eigenvalue weighted by molar-refractivity contribution is 5.97. The second-order valence-corrected chi connectivity index (χ2v) is 7.04. The molecule has 4 rings (SSSR count). The van der Waals surface area contributed by atoms with E-state index in [0.29, 0.717) is 11.3 Å². The van der Waals surface area contributed by atoms with Crippen LogP contribution in [0.3, 0.4) is 0 Å². The Balaban J connectivity index is 1.84. The number of nitrogens with zero attached hydrogens (tertiary/aromatic N) is 1. The SMILES string of the molecule is O=C1CN(C(=O)C2CCCC2)C(c2ccccc2)c2cc(F)ccc2N1. The van der Waals surface area contributed by atoms with E-state index >= 15 is 0 Å². The molecule has 5 heteroatoms. The van der Waals surface area contributed by atoms with E-state index in [2.05, 4.69) is 5.32 Å². The Kier molecular flexibility index (Phi) is 4.45. The van der Waals surface area contributed by atoms with Gasteiger partial charge in [0.2, 0.25) is 11.8 Å². The van der Waals surface area contributed by atoms with Crippen molar-refractivity contribution in [3.05, 3.63) is 65.5 Å². The smallest absolute Gasteiger partial charge is 0.244 e. The number of fused-ring (bicyclic) bond motifs is 1. The van der Waals surface area contributed by atoms with Gasteiger partial charge in [-0.1, -0.05) is 43.2 Å². The molecule has 1 saturated carbocycles. The molecule has 4 nitrogen and oxygen atoms in total. The second-order valence-electron chi connectivity index (χ2n) is 7.04. The van der Waals surface area contributed by atoms with Crippen LogP contribution >= 0.6 is 0 Å². The van der Waals surface area contributed by atoms with Crippen LogP contribution in [0.5, 0.6) is 0 Å². The lowest BCUT2D eigenvalue weighted by Crippen LogP contribution is -2.41. The van der Waals surface area contributed by atoms with Gasteiger partial charge in [0.25, 0.3) is 0 Å². The van der Waals surface area contributed by atoms with Crippen molar-refractivity contribution in [1.82, 2.24) is 4.90 Å². The quantitative estimate of drug-likeness (QED) is 0.891. The molecule has 1 aliphatic heterocycles. The van der Waals surface area contributed by atoms with Crippen molar-refractivity contribution in [2.45, 2.75) is 31.7 Å². The van der Waals surface area contributed by atoms with E-state index in [1.807, 2.05) is 30.3 Å². The lowest BCUT2D eigenvalue weighted by Gasteiger charge is -2.32. The maximum Gasteiger partial charge on any atom is 0.244 e. The van der Waals surface area contributed by atoms with Crippen LogP contribution in [0, 0.1) is 11.7 Å². The molecule has 1 fully saturated rings. The largest absolute Gasteiger partial charge is 0.324 e. The Bertz CT molecular complexity index is 831. The molecule has 0 aromatic heterocycles. The predicted octanol–water partition coefficient (Wildman–Crippen LogP) is 3.89. The Hall–Kier alpha value is -2.69. The predicted molar refractivity (Wildman–Crippen MR) is 97.0 cm³/mol. The van der Waals surface area contributed by atoms with Gasteiger partial charge in [0.1, 0.15) is 12.4 Å². The van der Waals surface area contributed by atoms with Gasteiger partial charge < -0.3 is 10.2 Å². The summed E-state index contributed by atoms with van der Waals surface area (Å²) >= 11 is 0. The first-order valence-corrected chi connectivity index (χ1v) is 9.08. The fraction of sp³-hybridized carbons (Fsp3) is 0.333. The molecule has 0 radical (unpaired) electrons. The van der Waals surface area contributed by atoms with Gasteiger partial charge in [-0.25, -0.2) is 4.39 Å². The number of hydrogen-bond acceptors (Lipinski definition) is 2. The van der Waals surface area contributed by atoms with Crippen molar-refractivity contribution in [1.29, 1.82) is 0 Å². The molecule has 2 aromatic carbocycles. The third-order valence-electron chi connectivity index (χ3n) is 5.31. The molecule has 0 bridgehead atoms. The van der Waals surface area contributed by atoms with Gasteiger partial charge in [-0.2, -0.15) is 0 Å². The van der Waals surface area contributed by atoms with Crippen molar-refractivity contribution >= 4 is 17.5 Å². The third-order valence-corrected chi connectivity index (χ3v) is 5.31. The minimum atomic E-state index is -0.478. The molecule has 0 spiro atoms. The number of benzene rings is 2. The van der Waals surface area contributed by atoms with Crippen LogP contribution in [0.1, 0.15) is 42.9 Å². The molecule has 2 amide bonds. The highest BCUT2D eigenvalue weighted by atomic mass is 19.1. The molecule has 1 N–H and O–H groups in total. The summed E-state index contributed by atoms with van der Waals surface area (Å²) in [7, 11) is 0. The van der Waals surface area contributed by atoms with Gasteiger partial charge in [0.05, 0.1) is 6.04 Å². The molecule has 2 aliphatic rings. The van der Waals surface area contributed by atoms with Crippen LogP contribution < -0.4 is 5.32 Å². The molecule has 1 atom stereocenters. The number of hydrogen-bond donors (Lipinski definition) is 1. The lowest BCUT2D eigenvalue weighted by molar-refractivity contribution is -0.139. The first kappa shape index (κ1) is 16.8. The molecule has 1 aliphatic carbocycles. The summed E-state index contributed by atoms with van der Waals surface area (Å²) in [6, 6.07) is 13.4. The molecule has 2 aromatic rings. The summed E-state index contributed by atoms with van der Waals surface area (Å²) in [6.45, 7) is -0.0226. The van der Waals surface area contributed by atoms with E-state index in [4.69, 9.17) is 0 Å². The normalized spacial score (nSPS) is 20.4. The third kappa shape index (κ3) is 3.09. The number of nitrogens with one attached hydrogen (secondary N) is 1. The zero-order chi connectivity index (χ0) is 18.1. The molecule has 134 valence electrons. The summed E-state index contributed by atoms with van der Waals surface area (Å²) in [6.07, 6.45) is 3.79. The fourth-order valence-electron chi connectivity index (χ4n) is 4.08. The van der Waals surface area contributed by atoms with E-state index in [0.717, 1.165) is 31.2 Å². The van der Waals surface area contributed by atoms with Crippen LogP contribution in [0.15, 0.2) is 48.5 Å². The summed E-state index contributed by atoms with van der Waals surface area (Å²) in [5.74, 6) is -0.690. The van der Waals surface area contributed by atoms with Crippen molar-refractivity contribution < 1.29 is 14.0 Å². The molecule has 26 heavy (non-hydrogen) atoms. The van der Waals surface area contributed by atoms with Gasteiger partial charge in [-0.3, -0.25) is 9.59 Å². The van der Waals surface area contributed by atoms with Crippen LogP contribution in [-0.4, -0.2) is 23.3 Å². The van der Waals surface area contributed by atoms with Gasteiger partial charge in [0.15, 0.2) is 0 Å². The van der Waals surface area contributed by atoms with Crippen LogP contribution in [0.2, 0.25) is 0 Å². The van der Waals surface area contributed by atoms with Crippen molar-refractivity contribution in [2.75, 3.05) is 11.9 Å². The topological polar surface area (TPSA) is 49.4 Å². The zero-order valence-corrected chi connectivity index (χ0v) is 14.5.